The lowest BCUT2D eigenvalue weighted by molar-refractivity contribution is -0.133. The van der Waals surface area contributed by atoms with Crippen molar-refractivity contribution in [2.45, 2.75) is 39.2 Å². The fraction of sp³-hybridized carbons (Fsp3) is 0.450. The molecule has 8 nitrogen and oxygen atoms in total. The first-order valence-electron chi connectivity index (χ1n) is 9.67. The molecule has 0 aliphatic carbocycles. The normalized spacial score (nSPS) is 17.0. The summed E-state index contributed by atoms with van der Waals surface area (Å²) in [5.41, 5.74) is 0.873. The molecule has 1 amide bonds. The Morgan fingerprint density at radius 1 is 1.29 bits per heavy atom. The van der Waals surface area contributed by atoms with E-state index in [4.69, 9.17) is 4.52 Å². The van der Waals surface area contributed by atoms with E-state index < -0.39 is 0 Å². The second kappa shape index (κ2) is 8.33. The Labute approximate surface area is 163 Å². The van der Waals surface area contributed by atoms with Crippen LogP contribution < -0.4 is 0 Å². The SMILES string of the molecule is Cc1nccn1CC(=O)N1CCCC(CCc2noc(-c3ccncc3)n2)C1. The Balaban J connectivity index is 1.30. The summed E-state index contributed by atoms with van der Waals surface area (Å²) >= 11 is 0. The summed E-state index contributed by atoms with van der Waals surface area (Å²) in [6, 6.07) is 3.70. The number of rotatable bonds is 6. The van der Waals surface area contributed by atoms with E-state index >= 15 is 0 Å². The third-order valence-electron chi connectivity index (χ3n) is 5.27. The molecule has 146 valence electrons. The minimum absolute atomic E-state index is 0.158. The zero-order chi connectivity index (χ0) is 19.3. The number of nitrogens with zero attached hydrogens (tertiary/aromatic N) is 6. The summed E-state index contributed by atoms with van der Waals surface area (Å²) in [6.45, 7) is 3.90. The van der Waals surface area contributed by atoms with Crippen LogP contribution in [0, 0.1) is 12.8 Å². The second-order valence-electron chi connectivity index (χ2n) is 7.24. The van der Waals surface area contributed by atoms with E-state index in [0.29, 0.717) is 24.2 Å². The number of hydrogen-bond acceptors (Lipinski definition) is 6. The molecule has 1 unspecified atom stereocenters. The highest BCUT2D eigenvalue weighted by Gasteiger charge is 2.24. The molecule has 28 heavy (non-hydrogen) atoms. The topological polar surface area (TPSA) is 89.9 Å². The molecule has 1 aliphatic rings. The number of pyridine rings is 1. The number of likely N-dealkylation sites (tertiary alicyclic amines) is 1. The molecule has 0 radical (unpaired) electrons. The van der Waals surface area contributed by atoms with Crippen molar-refractivity contribution in [2.75, 3.05) is 13.1 Å². The van der Waals surface area contributed by atoms with Gasteiger partial charge in [0.05, 0.1) is 0 Å². The van der Waals surface area contributed by atoms with Crippen LogP contribution in [0.3, 0.4) is 0 Å². The van der Waals surface area contributed by atoms with Gasteiger partial charge >= 0.3 is 0 Å². The van der Waals surface area contributed by atoms with Gasteiger partial charge in [0.1, 0.15) is 12.4 Å². The van der Waals surface area contributed by atoms with Crippen LogP contribution in [0.25, 0.3) is 11.5 Å². The Morgan fingerprint density at radius 2 is 2.14 bits per heavy atom. The van der Waals surface area contributed by atoms with Crippen LogP contribution in [0.15, 0.2) is 41.4 Å². The van der Waals surface area contributed by atoms with Crippen molar-refractivity contribution in [2.24, 2.45) is 5.92 Å². The molecule has 1 aliphatic heterocycles. The Hall–Kier alpha value is -3.03. The predicted molar refractivity (Wildman–Crippen MR) is 102 cm³/mol. The van der Waals surface area contributed by atoms with Gasteiger partial charge in [-0.05, 0) is 44.2 Å². The molecular formula is C20H24N6O2. The van der Waals surface area contributed by atoms with Gasteiger partial charge in [0, 0.05) is 49.9 Å². The van der Waals surface area contributed by atoms with Crippen LogP contribution in [0.4, 0.5) is 0 Å². The van der Waals surface area contributed by atoms with E-state index in [-0.39, 0.29) is 5.91 Å². The average molecular weight is 380 g/mol. The van der Waals surface area contributed by atoms with Gasteiger partial charge in [-0.3, -0.25) is 9.78 Å². The van der Waals surface area contributed by atoms with E-state index in [1.165, 1.54) is 0 Å². The summed E-state index contributed by atoms with van der Waals surface area (Å²) in [4.78, 5) is 27.3. The van der Waals surface area contributed by atoms with Crippen LogP contribution in [-0.2, 0) is 17.8 Å². The second-order valence-corrected chi connectivity index (χ2v) is 7.24. The van der Waals surface area contributed by atoms with Gasteiger partial charge in [0.2, 0.25) is 5.91 Å². The van der Waals surface area contributed by atoms with Crippen molar-refractivity contribution in [1.82, 2.24) is 29.6 Å². The number of carbonyl (C=O) groups excluding carboxylic acids is 1. The van der Waals surface area contributed by atoms with Gasteiger partial charge in [-0.1, -0.05) is 5.16 Å². The fourth-order valence-corrected chi connectivity index (χ4v) is 3.64. The van der Waals surface area contributed by atoms with Crippen molar-refractivity contribution in [3.05, 3.63) is 48.6 Å². The third kappa shape index (κ3) is 4.27. The number of amides is 1. The molecule has 0 aromatic carbocycles. The van der Waals surface area contributed by atoms with Gasteiger partial charge in [0.15, 0.2) is 5.82 Å². The molecule has 0 saturated carbocycles. The quantitative estimate of drug-likeness (QED) is 0.653. The Kier molecular flexibility index (Phi) is 5.45. The molecule has 3 aromatic heterocycles. The molecule has 0 bridgehead atoms. The van der Waals surface area contributed by atoms with E-state index in [1.54, 1.807) is 18.6 Å². The summed E-state index contributed by atoms with van der Waals surface area (Å²) in [7, 11) is 0. The lowest BCUT2D eigenvalue weighted by atomic mass is 9.93. The number of aromatic nitrogens is 5. The fourth-order valence-electron chi connectivity index (χ4n) is 3.64. The molecule has 1 atom stereocenters. The predicted octanol–water partition coefficient (Wildman–Crippen LogP) is 2.51. The van der Waals surface area contributed by atoms with Gasteiger partial charge in [0.25, 0.3) is 5.89 Å². The van der Waals surface area contributed by atoms with Crippen molar-refractivity contribution in [3.8, 4) is 11.5 Å². The van der Waals surface area contributed by atoms with Crippen LogP contribution in [-0.4, -0.2) is 48.6 Å². The largest absolute Gasteiger partial charge is 0.341 e. The maximum absolute atomic E-state index is 12.6. The van der Waals surface area contributed by atoms with Crippen LogP contribution in [0.1, 0.15) is 30.9 Å². The highest BCUT2D eigenvalue weighted by Crippen LogP contribution is 2.22. The molecule has 4 rings (SSSR count). The lowest BCUT2D eigenvalue weighted by Gasteiger charge is -2.33. The van der Waals surface area contributed by atoms with E-state index in [1.807, 2.05) is 34.7 Å². The van der Waals surface area contributed by atoms with Crippen molar-refractivity contribution in [3.63, 3.8) is 0 Å². The summed E-state index contributed by atoms with van der Waals surface area (Å²) in [6.07, 6.45) is 10.9. The van der Waals surface area contributed by atoms with Crippen molar-refractivity contribution < 1.29 is 9.32 Å². The number of aryl methyl sites for hydroxylation is 2. The number of hydrogen-bond donors (Lipinski definition) is 0. The maximum atomic E-state index is 12.6. The standard InChI is InChI=1S/C20H24N6O2/c1-15-22-10-12-25(15)14-19(27)26-11-2-3-16(13-26)4-5-18-23-20(28-24-18)17-6-8-21-9-7-17/h6-10,12,16H,2-5,11,13-14H2,1H3. The molecule has 1 saturated heterocycles. The third-order valence-corrected chi connectivity index (χ3v) is 5.27. The van der Waals surface area contributed by atoms with E-state index in [0.717, 1.165) is 50.2 Å². The number of carbonyl (C=O) groups is 1. The highest BCUT2D eigenvalue weighted by molar-refractivity contribution is 5.76. The molecule has 1 fully saturated rings. The summed E-state index contributed by atoms with van der Waals surface area (Å²) in [5.74, 6) is 2.72. The first-order valence-corrected chi connectivity index (χ1v) is 9.67. The Morgan fingerprint density at radius 3 is 2.93 bits per heavy atom. The van der Waals surface area contributed by atoms with Crippen LogP contribution >= 0.6 is 0 Å². The van der Waals surface area contributed by atoms with Gasteiger partial charge in [-0.15, -0.1) is 0 Å². The Bertz CT molecular complexity index is 920. The lowest BCUT2D eigenvalue weighted by Crippen LogP contribution is -2.41. The monoisotopic (exact) mass is 380 g/mol. The van der Waals surface area contributed by atoms with Gasteiger partial charge in [-0.2, -0.15) is 4.98 Å². The van der Waals surface area contributed by atoms with E-state index in [9.17, 15) is 4.79 Å². The molecular weight excluding hydrogens is 356 g/mol. The molecule has 4 heterocycles. The molecule has 3 aromatic rings. The molecule has 8 heteroatoms. The smallest absolute Gasteiger partial charge is 0.258 e. The highest BCUT2D eigenvalue weighted by atomic mass is 16.5. The zero-order valence-electron chi connectivity index (χ0n) is 16.0. The van der Waals surface area contributed by atoms with Crippen molar-refractivity contribution >= 4 is 5.91 Å². The molecule has 0 spiro atoms. The maximum Gasteiger partial charge on any atom is 0.258 e. The minimum atomic E-state index is 0.158. The molecule has 0 N–H and O–H groups in total. The average Bonchev–Trinajstić information content (AvgIpc) is 3.37. The van der Waals surface area contributed by atoms with Gasteiger partial charge < -0.3 is 14.0 Å². The van der Waals surface area contributed by atoms with Crippen LogP contribution in [0.2, 0.25) is 0 Å². The minimum Gasteiger partial charge on any atom is -0.341 e. The van der Waals surface area contributed by atoms with Gasteiger partial charge in [-0.25, -0.2) is 4.98 Å². The number of piperidine rings is 1. The van der Waals surface area contributed by atoms with E-state index in [2.05, 4.69) is 20.1 Å². The summed E-state index contributed by atoms with van der Waals surface area (Å²) in [5, 5.41) is 4.09. The zero-order valence-corrected chi connectivity index (χ0v) is 16.0. The summed E-state index contributed by atoms with van der Waals surface area (Å²) < 4.78 is 7.25. The number of imidazole rings is 1. The first kappa shape index (κ1) is 18.3. The first-order chi connectivity index (χ1) is 13.7. The van der Waals surface area contributed by atoms with Crippen LogP contribution in [0.5, 0.6) is 0 Å². The van der Waals surface area contributed by atoms with Crippen molar-refractivity contribution in [1.29, 1.82) is 0 Å².